The third-order valence-electron chi connectivity index (χ3n) is 6.14. The second kappa shape index (κ2) is 5.05. The SMILES string of the molecule is [B]C(O)(N1CC2CCCC2C1)C1(CCO)CCCC1. The molecule has 3 rings (SSSR count). The molecule has 0 aromatic carbocycles. The molecule has 3 nitrogen and oxygen atoms in total. The highest BCUT2D eigenvalue weighted by Gasteiger charge is 2.53. The summed E-state index contributed by atoms with van der Waals surface area (Å²) in [7, 11) is 6.42. The number of fused-ring (bicyclic) bond motifs is 1. The Morgan fingerprint density at radius 3 is 2.21 bits per heavy atom. The summed E-state index contributed by atoms with van der Waals surface area (Å²) in [6.45, 7) is 2.02. The van der Waals surface area contributed by atoms with Gasteiger partial charge in [0.05, 0.1) is 5.62 Å². The Kier molecular flexibility index (Phi) is 3.70. The van der Waals surface area contributed by atoms with E-state index < -0.39 is 5.62 Å². The Bertz CT molecular complexity index is 316. The van der Waals surface area contributed by atoms with Crippen molar-refractivity contribution in [2.45, 2.75) is 57.0 Å². The van der Waals surface area contributed by atoms with E-state index >= 15 is 0 Å². The van der Waals surface area contributed by atoms with Gasteiger partial charge in [-0.15, -0.1) is 0 Å². The second-order valence-electron chi connectivity index (χ2n) is 7.04. The molecule has 3 fully saturated rings. The predicted octanol–water partition coefficient (Wildman–Crippen LogP) is 1.48. The minimum Gasteiger partial charge on any atom is -0.396 e. The lowest BCUT2D eigenvalue weighted by atomic mass is 9.63. The van der Waals surface area contributed by atoms with Gasteiger partial charge in [-0.2, -0.15) is 0 Å². The van der Waals surface area contributed by atoms with E-state index in [1.807, 2.05) is 0 Å². The van der Waals surface area contributed by atoms with Crippen molar-refractivity contribution in [2.75, 3.05) is 19.7 Å². The quantitative estimate of drug-likeness (QED) is 0.755. The minimum absolute atomic E-state index is 0.125. The molecule has 3 aliphatic rings. The van der Waals surface area contributed by atoms with Crippen LogP contribution in [0.3, 0.4) is 0 Å². The van der Waals surface area contributed by atoms with Crippen molar-refractivity contribution in [3.63, 3.8) is 0 Å². The molecule has 2 radical (unpaired) electrons. The number of rotatable bonds is 4. The molecular weight excluding hydrogens is 237 g/mol. The molecule has 0 bridgehead atoms. The van der Waals surface area contributed by atoms with E-state index in [4.69, 9.17) is 7.85 Å². The van der Waals surface area contributed by atoms with E-state index in [9.17, 15) is 10.2 Å². The smallest absolute Gasteiger partial charge is 0.136 e. The summed E-state index contributed by atoms with van der Waals surface area (Å²) in [5.41, 5.74) is -1.52. The summed E-state index contributed by atoms with van der Waals surface area (Å²) in [6, 6.07) is 0. The maximum atomic E-state index is 11.0. The molecular formula is C15H26BNO2. The van der Waals surface area contributed by atoms with Crippen molar-refractivity contribution >= 4 is 7.85 Å². The second-order valence-corrected chi connectivity index (χ2v) is 7.04. The monoisotopic (exact) mass is 263 g/mol. The van der Waals surface area contributed by atoms with Crippen LogP contribution in [0.5, 0.6) is 0 Å². The minimum atomic E-state index is -1.23. The van der Waals surface area contributed by atoms with Gasteiger partial charge < -0.3 is 10.2 Å². The van der Waals surface area contributed by atoms with Gasteiger partial charge in [-0.1, -0.05) is 19.3 Å². The molecule has 3 unspecified atom stereocenters. The molecule has 0 spiro atoms. The Morgan fingerprint density at radius 1 is 1.11 bits per heavy atom. The third-order valence-corrected chi connectivity index (χ3v) is 6.14. The summed E-state index contributed by atoms with van der Waals surface area (Å²) in [5, 5.41) is 20.4. The fraction of sp³-hybridized carbons (Fsp3) is 1.00. The molecule has 0 aromatic rings. The highest BCUT2D eigenvalue weighted by molar-refractivity contribution is 6.14. The number of nitrogens with zero attached hydrogens (tertiary/aromatic N) is 1. The van der Waals surface area contributed by atoms with Gasteiger partial charge in [0.15, 0.2) is 0 Å². The van der Waals surface area contributed by atoms with Crippen LogP contribution >= 0.6 is 0 Å². The van der Waals surface area contributed by atoms with Crippen molar-refractivity contribution in [2.24, 2.45) is 17.3 Å². The van der Waals surface area contributed by atoms with Crippen molar-refractivity contribution in [3.05, 3.63) is 0 Å². The number of likely N-dealkylation sites (tertiary alicyclic amines) is 1. The normalized spacial score (nSPS) is 37.4. The Labute approximate surface area is 117 Å². The first kappa shape index (κ1) is 13.9. The van der Waals surface area contributed by atoms with E-state index in [2.05, 4.69) is 4.90 Å². The van der Waals surface area contributed by atoms with Gasteiger partial charge in [-0.3, -0.25) is 4.90 Å². The zero-order valence-corrected chi connectivity index (χ0v) is 11.9. The first-order valence-electron chi connectivity index (χ1n) is 7.96. The highest BCUT2D eigenvalue weighted by Crippen LogP contribution is 2.51. The Morgan fingerprint density at radius 2 is 1.68 bits per heavy atom. The van der Waals surface area contributed by atoms with Crippen LogP contribution in [0.25, 0.3) is 0 Å². The Hall–Kier alpha value is -0.0551. The molecule has 1 saturated heterocycles. The predicted molar refractivity (Wildman–Crippen MR) is 75.7 cm³/mol. The standard InChI is InChI=1S/C15H26BNO2/c16-15(19,14(8-9-18)6-1-2-7-14)17-10-12-4-3-5-13(12)11-17/h12-13,18-19H,1-11H2. The number of hydrogen-bond acceptors (Lipinski definition) is 3. The summed E-state index contributed by atoms with van der Waals surface area (Å²) in [4.78, 5) is 2.13. The van der Waals surface area contributed by atoms with Crippen LogP contribution in [0.2, 0.25) is 0 Å². The molecule has 2 N–H and O–H groups in total. The average molecular weight is 263 g/mol. The topological polar surface area (TPSA) is 43.7 Å². The molecule has 2 saturated carbocycles. The van der Waals surface area contributed by atoms with Crippen molar-refractivity contribution in [1.82, 2.24) is 4.90 Å². The van der Waals surface area contributed by atoms with Crippen LogP contribution in [-0.4, -0.2) is 48.3 Å². The van der Waals surface area contributed by atoms with E-state index in [1.165, 1.54) is 19.3 Å². The lowest BCUT2D eigenvalue weighted by molar-refractivity contribution is -0.131. The molecule has 4 heteroatoms. The fourth-order valence-electron chi connectivity index (χ4n) is 4.92. The van der Waals surface area contributed by atoms with Gasteiger partial charge in [0.2, 0.25) is 0 Å². The van der Waals surface area contributed by atoms with Crippen LogP contribution in [0, 0.1) is 17.3 Å². The zero-order valence-electron chi connectivity index (χ0n) is 11.9. The Balaban J connectivity index is 1.77. The van der Waals surface area contributed by atoms with Gasteiger partial charge in [0.25, 0.3) is 0 Å². The van der Waals surface area contributed by atoms with E-state index in [0.29, 0.717) is 6.42 Å². The van der Waals surface area contributed by atoms with Crippen LogP contribution < -0.4 is 0 Å². The van der Waals surface area contributed by atoms with E-state index in [1.54, 1.807) is 0 Å². The van der Waals surface area contributed by atoms with Crippen molar-refractivity contribution in [3.8, 4) is 0 Å². The molecule has 1 heterocycles. The largest absolute Gasteiger partial charge is 0.396 e. The molecule has 0 aromatic heterocycles. The molecule has 0 amide bonds. The van der Waals surface area contributed by atoms with E-state index in [-0.39, 0.29) is 12.0 Å². The van der Waals surface area contributed by atoms with Crippen LogP contribution in [0.1, 0.15) is 51.4 Å². The summed E-state index contributed by atoms with van der Waals surface area (Å²) in [5.74, 6) is 1.48. The van der Waals surface area contributed by atoms with Gasteiger partial charge in [0, 0.05) is 25.1 Å². The molecule has 3 atom stereocenters. The number of aliphatic hydroxyl groups is 2. The maximum Gasteiger partial charge on any atom is 0.136 e. The van der Waals surface area contributed by atoms with Crippen LogP contribution in [-0.2, 0) is 0 Å². The van der Waals surface area contributed by atoms with Gasteiger partial charge in [-0.05, 0) is 43.9 Å². The van der Waals surface area contributed by atoms with Crippen molar-refractivity contribution in [1.29, 1.82) is 0 Å². The van der Waals surface area contributed by atoms with Gasteiger partial charge in [-0.25, -0.2) is 0 Å². The molecule has 106 valence electrons. The maximum absolute atomic E-state index is 11.0. The van der Waals surface area contributed by atoms with E-state index in [0.717, 1.165) is 50.6 Å². The average Bonchev–Trinajstić information content (AvgIpc) is 3.03. The lowest BCUT2D eigenvalue weighted by Gasteiger charge is -2.49. The molecule has 2 aliphatic carbocycles. The fourth-order valence-corrected chi connectivity index (χ4v) is 4.92. The summed E-state index contributed by atoms with van der Waals surface area (Å²) >= 11 is 0. The number of hydrogen-bond donors (Lipinski definition) is 2. The summed E-state index contributed by atoms with van der Waals surface area (Å²) < 4.78 is 0. The summed E-state index contributed by atoms with van der Waals surface area (Å²) in [6.07, 6.45) is 8.72. The van der Waals surface area contributed by atoms with Gasteiger partial charge in [0.1, 0.15) is 7.85 Å². The number of aliphatic hydroxyl groups excluding tert-OH is 1. The molecule has 19 heavy (non-hydrogen) atoms. The van der Waals surface area contributed by atoms with Crippen LogP contribution in [0.15, 0.2) is 0 Å². The lowest BCUT2D eigenvalue weighted by Crippen LogP contribution is -2.60. The molecule has 1 aliphatic heterocycles. The van der Waals surface area contributed by atoms with Crippen LogP contribution in [0.4, 0.5) is 0 Å². The first-order valence-corrected chi connectivity index (χ1v) is 7.96. The first-order chi connectivity index (χ1) is 9.09. The van der Waals surface area contributed by atoms with Gasteiger partial charge >= 0.3 is 0 Å². The van der Waals surface area contributed by atoms with Crippen molar-refractivity contribution < 1.29 is 10.2 Å². The zero-order chi connectivity index (χ0) is 13.5. The third kappa shape index (κ3) is 2.16. The highest BCUT2D eigenvalue weighted by atomic mass is 16.3.